The van der Waals surface area contributed by atoms with Gasteiger partial charge in [0.25, 0.3) is 0 Å². The number of anilines is 2. The van der Waals surface area contributed by atoms with Crippen molar-refractivity contribution >= 4 is 68.9 Å². The quantitative estimate of drug-likeness (QED) is 0.325. The number of hydrogen-bond acceptors (Lipinski definition) is 10. The molecule has 0 radical (unpaired) electrons. The number of nitrogens with two attached hydrogens (primary N) is 1. The summed E-state index contributed by atoms with van der Waals surface area (Å²) in [5.41, 5.74) is 8.52. The SMILES string of the molecule is CC1(C)CC(=O)C2=C(C1)N(c1nnc(SCC(=O)Nc3ccc(Cl)cn3)s1)C(N)=C(C#N)C2c1cccc(Cl)c1. The summed E-state index contributed by atoms with van der Waals surface area (Å²) in [7, 11) is 0. The topological polar surface area (TPSA) is 138 Å². The third-order valence-electron chi connectivity index (χ3n) is 6.47. The summed E-state index contributed by atoms with van der Waals surface area (Å²) in [6.45, 7) is 4.05. The highest BCUT2D eigenvalue weighted by Crippen LogP contribution is 2.50. The van der Waals surface area contributed by atoms with Gasteiger partial charge in [-0.2, -0.15) is 5.26 Å². The largest absolute Gasteiger partial charge is 0.384 e. The van der Waals surface area contributed by atoms with Crippen molar-refractivity contribution in [3.8, 4) is 6.07 Å². The number of nitrogens with one attached hydrogen (secondary N) is 1. The third kappa shape index (κ3) is 5.71. The number of hydrogen-bond donors (Lipinski definition) is 2. The van der Waals surface area contributed by atoms with E-state index in [4.69, 9.17) is 28.9 Å². The van der Waals surface area contributed by atoms with Gasteiger partial charge in [-0.1, -0.05) is 72.3 Å². The number of aromatic nitrogens is 3. The van der Waals surface area contributed by atoms with Gasteiger partial charge in [0.2, 0.25) is 11.0 Å². The van der Waals surface area contributed by atoms with Gasteiger partial charge in [0.1, 0.15) is 11.6 Å². The Morgan fingerprint density at radius 1 is 1.25 bits per heavy atom. The van der Waals surface area contributed by atoms with E-state index in [9.17, 15) is 14.9 Å². The van der Waals surface area contributed by atoms with Crippen LogP contribution in [-0.2, 0) is 9.59 Å². The molecule has 2 aromatic heterocycles. The van der Waals surface area contributed by atoms with Crippen molar-refractivity contribution in [1.82, 2.24) is 15.2 Å². The molecule has 9 nitrogen and oxygen atoms in total. The fraction of sp³-hybridized carbons (Fsp3) is 0.259. The molecule has 1 aliphatic heterocycles. The smallest absolute Gasteiger partial charge is 0.235 e. The summed E-state index contributed by atoms with van der Waals surface area (Å²) in [5, 5.41) is 22.9. The number of thioether (sulfide) groups is 1. The molecule has 1 aliphatic carbocycles. The number of carbonyl (C=O) groups excluding carboxylic acids is 2. The van der Waals surface area contributed by atoms with Crippen molar-refractivity contribution in [1.29, 1.82) is 5.26 Å². The Balaban J connectivity index is 1.46. The minimum Gasteiger partial charge on any atom is -0.384 e. The Morgan fingerprint density at radius 2 is 2.05 bits per heavy atom. The van der Waals surface area contributed by atoms with Crippen molar-refractivity contribution in [2.75, 3.05) is 16.0 Å². The Labute approximate surface area is 249 Å². The van der Waals surface area contributed by atoms with E-state index in [1.807, 2.05) is 19.9 Å². The van der Waals surface area contributed by atoms with Crippen LogP contribution in [-0.4, -0.2) is 32.6 Å². The average Bonchev–Trinajstić information content (AvgIpc) is 3.36. The van der Waals surface area contributed by atoms with E-state index in [1.165, 1.54) is 29.3 Å². The summed E-state index contributed by atoms with van der Waals surface area (Å²) in [5.74, 6) is -0.296. The highest BCUT2D eigenvalue weighted by atomic mass is 35.5. The molecule has 1 unspecified atom stereocenters. The molecule has 1 atom stereocenters. The Bertz CT molecular complexity index is 1610. The van der Waals surface area contributed by atoms with Crippen molar-refractivity contribution in [2.45, 2.75) is 36.9 Å². The lowest BCUT2D eigenvalue weighted by Crippen LogP contribution is -2.42. The van der Waals surface area contributed by atoms with Crippen LogP contribution in [0.3, 0.4) is 0 Å². The first-order valence-electron chi connectivity index (χ1n) is 12.2. The van der Waals surface area contributed by atoms with Gasteiger partial charge in [0.15, 0.2) is 10.1 Å². The number of benzene rings is 1. The number of ketones is 1. The van der Waals surface area contributed by atoms with E-state index in [0.717, 1.165) is 5.56 Å². The number of halogens is 2. The van der Waals surface area contributed by atoms with E-state index >= 15 is 0 Å². The maximum atomic E-state index is 13.6. The van der Waals surface area contributed by atoms with E-state index in [2.05, 4.69) is 26.6 Å². The lowest BCUT2D eigenvalue weighted by molar-refractivity contribution is -0.118. The van der Waals surface area contributed by atoms with Gasteiger partial charge in [0.05, 0.1) is 28.3 Å². The number of pyridine rings is 1. The fourth-order valence-electron chi connectivity index (χ4n) is 4.85. The molecule has 0 saturated heterocycles. The molecule has 13 heteroatoms. The summed E-state index contributed by atoms with van der Waals surface area (Å²) in [4.78, 5) is 31.8. The van der Waals surface area contributed by atoms with Crippen LogP contribution < -0.4 is 16.0 Å². The molecular formula is C27H23Cl2N7O2S2. The molecule has 3 N–H and O–H groups in total. The Hall–Kier alpha value is -3.43. The summed E-state index contributed by atoms with van der Waals surface area (Å²) < 4.78 is 0.529. The van der Waals surface area contributed by atoms with Gasteiger partial charge in [-0.3, -0.25) is 14.5 Å². The minimum absolute atomic E-state index is 0.0481. The predicted molar refractivity (Wildman–Crippen MR) is 157 cm³/mol. The Kier molecular flexibility index (Phi) is 7.88. The second-order valence-electron chi connectivity index (χ2n) is 10.1. The van der Waals surface area contributed by atoms with Crippen LogP contribution >= 0.6 is 46.3 Å². The lowest BCUT2D eigenvalue weighted by Gasteiger charge is -2.42. The molecule has 40 heavy (non-hydrogen) atoms. The van der Waals surface area contributed by atoms with Crippen molar-refractivity contribution < 1.29 is 9.59 Å². The Morgan fingerprint density at radius 3 is 2.75 bits per heavy atom. The van der Waals surface area contributed by atoms with Gasteiger partial charge in [-0.05, 0) is 41.7 Å². The van der Waals surface area contributed by atoms with Gasteiger partial charge in [0, 0.05) is 28.9 Å². The monoisotopic (exact) mass is 611 g/mol. The third-order valence-corrected chi connectivity index (χ3v) is 8.97. The molecule has 0 saturated carbocycles. The number of amides is 1. The van der Waals surface area contributed by atoms with Crippen LogP contribution in [0.25, 0.3) is 0 Å². The molecular weight excluding hydrogens is 589 g/mol. The zero-order valence-corrected chi connectivity index (χ0v) is 24.6. The average molecular weight is 613 g/mol. The van der Waals surface area contributed by atoms with E-state index in [-0.39, 0.29) is 34.3 Å². The van der Waals surface area contributed by atoms with Crippen LogP contribution in [0.15, 0.2) is 69.6 Å². The van der Waals surface area contributed by atoms with Gasteiger partial charge >= 0.3 is 0 Å². The van der Waals surface area contributed by atoms with Gasteiger partial charge in [-0.15, -0.1) is 10.2 Å². The van der Waals surface area contributed by atoms with Crippen LogP contribution in [0.2, 0.25) is 10.0 Å². The van der Waals surface area contributed by atoms with Crippen LogP contribution in [0.5, 0.6) is 0 Å². The first kappa shape index (κ1) is 28.1. The number of carbonyl (C=O) groups is 2. The standard InChI is InChI=1S/C27H23Cl2N7O2S2/c1-27(2)9-18-23(19(37)10-27)22(14-4-3-5-15(28)8-14)17(11-30)24(31)36(18)25-34-35-26(40-25)39-13-21(38)33-20-7-6-16(29)12-32-20/h3-8,12,22H,9-10,13,31H2,1-2H3,(H,32,33,38). The molecule has 2 aliphatic rings. The fourth-order valence-corrected chi connectivity index (χ4v) is 6.85. The number of Topliss-reactive ketones (excluding diaryl/α,β-unsaturated/α-hetero) is 1. The zero-order chi connectivity index (χ0) is 28.6. The number of allylic oxidation sites excluding steroid dienone is 3. The summed E-state index contributed by atoms with van der Waals surface area (Å²) in [6.07, 6.45) is 2.33. The zero-order valence-electron chi connectivity index (χ0n) is 21.4. The van der Waals surface area contributed by atoms with Crippen molar-refractivity contribution in [3.05, 3.63) is 80.9 Å². The molecule has 0 bridgehead atoms. The van der Waals surface area contributed by atoms with E-state index < -0.39 is 5.92 Å². The second kappa shape index (κ2) is 11.2. The van der Waals surface area contributed by atoms with Gasteiger partial charge in [-0.25, -0.2) is 4.98 Å². The highest BCUT2D eigenvalue weighted by molar-refractivity contribution is 8.01. The summed E-state index contributed by atoms with van der Waals surface area (Å²) in [6, 6.07) is 12.6. The maximum Gasteiger partial charge on any atom is 0.235 e. The molecule has 204 valence electrons. The molecule has 3 heterocycles. The van der Waals surface area contributed by atoms with E-state index in [0.29, 0.717) is 49.4 Å². The molecule has 1 amide bonds. The number of nitriles is 1. The molecule has 0 spiro atoms. The maximum absolute atomic E-state index is 13.6. The predicted octanol–water partition coefficient (Wildman–Crippen LogP) is 5.91. The number of rotatable bonds is 6. The summed E-state index contributed by atoms with van der Waals surface area (Å²) >= 11 is 14.6. The van der Waals surface area contributed by atoms with Crippen molar-refractivity contribution in [2.24, 2.45) is 11.1 Å². The molecule has 1 aromatic carbocycles. The van der Waals surface area contributed by atoms with Gasteiger partial charge < -0.3 is 11.1 Å². The lowest BCUT2D eigenvalue weighted by atomic mass is 9.69. The first-order chi connectivity index (χ1) is 19.1. The van der Waals surface area contributed by atoms with Crippen LogP contribution in [0.1, 0.15) is 38.2 Å². The van der Waals surface area contributed by atoms with Crippen LogP contribution in [0, 0.1) is 16.7 Å². The molecule has 0 fully saturated rings. The highest BCUT2D eigenvalue weighted by Gasteiger charge is 2.45. The van der Waals surface area contributed by atoms with Crippen molar-refractivity contribution in [3.63, 3.8) is 0 Å². The number of nitrogens with zero attached hydrogens (tertiary/aromatic N) is 5. The molecule has 3 aromatic rings. The van der Waals surface area contributed by atoms with E-state index in [1.54, 1.807) is 35.2 Å². The normalized spacial score (nSPS) is 18.4. The minimum atomic E-state index is -0.634. The second-order valence-corrected chi connectivity index (χ2v) is 13.1. The molecule has 5 rings (SSSR count). The van der Waals surface area contributed by atoms with Crippen LogP contribution in [0.4, 0.5) is 10.9 Å². The first-order valence-corrected chi connectivity index (χ1v) is 14.7.